The van der Waals surface area contributed by atoms with Crippen molar-refractivity contribution >= 4 is 11.0 Å². The monoisotopic (exact) mass is 428 g/mol. The number of aromatic nitrogens is 7. The largest absolute Gasteiger partial charge is 0.318 e. The molecule has 0 aromatic carbocycles. The highest BCUT2D eigenvalue weighted by atomic mass is 19.1. The molecule has 5 rings (SSSR count). The molecule has 160 valence electrons. The topological polar surface area (TPSA) is 97.2 Å². The fourth-order valence-corrected chi connectivity index (χ4v) is 3.52. The van der Waals surface area contributed by atoms with E-state index in [1.54, 1.807) is 19.2 Å². The molecule has 5 heterocycles. The summed E-state index contributed by atoms with van der Waals surface area (Å²) in [4.78, 5) is 13.7. The summed E-state index contributed by atoms with van der Waals surface area (Å²) >= 11 is 0. The molecule has 0 aliphatic rings. The summed E-state index contributed by atoms with van der Waals surface area (Å²) in [6, 6.07) is 10.8. The average molecular weight is 428 g/mol. The van der Waals surface area contributed by atoms with Gasteiger partial charge in [0.2, 0.25) is 0 Å². The first kappa shape index (κ1) is 20.0. The molecule has 9 heteroatoms. The summed E-state index contributed by atoms with van der Waals surface area (Å²) in [6.45, 7) is 3.27. The molecule has 0 fully saturated rings. The Kier molecular flexibility index (Phi) is 5.16. The number of rotatable bonds is 6. The van der Waals surface area contributed by atoms with E-state index < -0.39 is 0 Å². The molecular weight excluding hydrogens is 407 g/mol. The van der Waals surface area contributed by atoms with Crippen molar-refractivity contribution in [2.75, 3.05) is 13.6 Å². The third kappa shape index (κ3) is 3.74. The highest BCUT2D eigenvalue weighted by molar-refractivity contribution is 5.84. The smallest absolute Gasteiger partial charge is 0.144 e. The van der Waals surface area contributed by atoms with Gasteiger partial charge in [-0.25, -0.2) is 14.4 Å². The second-order valence-corrected chi connectivity index (χ2v) is 7.44. The van der Waals surface area contributed by atoms with Crippen LogP contribution in [0.4, 0.5) is 4.39 Å². The number of fused-ring (bicyclic) bond motifs is 1. The summed E-state index contributed by atoms with van der Waals surface area (Å²) in [5.41, 5.74) is 6.31. The van der Waals surface area contributed by atoms with E-state index in [9.17, 15) is 4.39 Å². The quantitative estimate of drug-likeness (QED) is 0.429. The maximum Gasteiger partial charge on any atom is 0.144 e. The van der Waals surface area contributed by atoms with Gasteiger partial charge in [-0.1, -0.05) is 0 Å². The molecule has 0 saturated heterocycles. The molecule has 0 unspecified atom stereocenters. The average Bonchev–Trinajstić information content (AvgIpc) is 3.49. The molecule has 5 aromatic heterocycles. The minimum absolute atomic E-state index is 0.325. The Bertz CT molecular complexity index is 1400. The summed E-state index contributed by atoms with van der Waals surface area (Å²) in [7, 11) is 1.92. The number of hydrogen-bond donors (Lipinski definition) is 2. The summed E-state index contributed by atoms with van der Waals surface area (Å²) in [5, 5.41) is 14.9. The number of H-pyrrole nitrogens is 1. The van der Waals surface area contributed by atoms with Crippen LogP contribution in [0, 0.1) is 12.7 Å². The van der Waals surface area contributed by atoms with Gasteiger partial charge in [-0.2, -0.15) is 10.2 Å². The van der Waals surface area contributed by atoms with E-state index in [1.165, 1.54) is 6.07 Å². The lowest BCUT2D eigenvalue weighted by atomic mass is 10.1. The van der Waals surface area contributed by atoms with Gasteiger partial charge in [-0.15, -0.1) is 0 Å². The predicted molar refractivity (Wildman–Crippen MR) is 120 cm³/mol. The zero-order valence-corrected chi connectivity index (χ0v) is 17.7. The Morgan fingerprint density at radius 2 is 1.91 bits per heavy atom. The maximum absolute atomic E-state index is 13.7. The van der Waals surface area contributed by atoms with Crippen molar-refractivity contribution in [3.8, 4) is 33.9 Å². The highest BCUT2D eigenvalue weighted by Crippen LogP contribution is 2.30. The minimum atomic E-state index is -0.346. The molecule has 0 bridgehead atoms. The summed E-state index contributed by atoms with van der Waals surface area (Å²) in [5.74, 6) is -0.346. The lowest BCUT2D eigenvalue weighted by Gasteiger charge is -2.06. The molecule has 0 radical (unpaired) electrons. The third-order valence-corrected chi connectivity index (χ3v) is 5.24. The lowest BCUT2D eigenvalue weighted by Crippen LogP contribution is -2.15. The van der Waals surface area contributed by atoms with E-state index in [-0.39, 0.29) is 5.82 Å². The van der Waals surface area contributed by atoms with Crippen molar-refractivity contribution < 1.29 is 4.39 Å². The number of likely N-dealkylation sites (N-methyl/N-ethyl adjacent to an activating group) is 1. The number of nitrogens with zero attached hydrogens (tertiary/aromatic N) is 6. The Morgan fingerprint density at radius 3 is 2.75 bits per heavy atom. The first-order valence-electron chi connectivity index (χ1n) is 10.3. The zero-order chi connectivity index (χ0) is 22.1. The number of hydrogen-bond acceptors (Lipinski definition) is 6. The first-order valence-corrected chi connectivity index (χ1v) is 10.3. The fraction of sp³-hybridized carbons (Fsp3) is 0.174. The molecule has 0 amide bonds. The van der Waals surface area contributed by atoms with Gasteiger partial charge in [0.15, 0.2) is 0 Å². The van der Waals surface area contributed by atoms with Gasteiger partial charge in [-0.05, 0) is 50.4 Å². The van der Waals surface area contributed by atoms with Gasteiger partial charge in [0.25, 0.3) is 0 Å². The summed E-state index contributed by atoms with van der Waals surface area (Å²) in [6.07, 6.45) is 5.53. The second kappa shape index (κ2) is 8.27. The molecule has 8 nitrogen and oxygen atoms in total. The number of nitrogens with one attached hydrogen (secondary N) is 2. The van der Waals surface area contributed by atoms with Crippen molar-refractivity contribution in [1.29, 1.82) is 0 Å². The van der Waals surface area contributed by atoms with Crippen LogP contribution in [-0.4, -0.2) is 48.5 Å². The van der Waals surface area contributed by atoms with Crippen LogP contribution in [0.1, 0.15) is 5.69 Å². The molecule has 0 saturated carbocycles. The van der Waals surface area contributed by atoms with E-state index in [4.69, 9.17) is 4.98 Å². The maximum atomic E-state index is 13.7. The number of aromatic amines is 1. The molecule has 2 N–H and O–H groups in total. The van der Waals surface area contributed by atoms with Crippen molar-refractivity contribution in [3.05, 3.63) is 66.5 Å². The molecule has 0 aliphatic heterocycles. The van der Waals surface area contributed by atoms with Gasteiger partial charge in [0, 0.05) is 36.3 Å². The van der Waals surface area contributed by atoms with Crippen LogP contribution in [-0.2, 0) is 6.54 Å². The number of aryl methyl sites for hydroxylation is 1. The Hall–Kier alpha value is -3.98. The SMILES string of the molecule is CNCCn1ccc(-c2cnc3ccc(-c4c[nH]nc4-c4ccc(F)c(C)n4)nc3c2)n1. The lowest BCUT2D eigenvalue weighted by molar-refractivity contribution is 0.586. The van der Waals surface area contributed by atoms with Crippen molar-refractivity contribution in [2.24, 2.45) is 0 Å². The van der Waals surface area contributed by atoms with Gasteiger partial charge in [0.1, 0.15) is 11.5 Å². The van der Waals surface area contributed by atoms with Crippen molar-refractivity contribution in [1.82, 2.24) is 40.2 Å². The molecule has 0 atom stereocenters. The standard InChI is InChI=1S/C23H21FN8/c1-14-17(24)3-4-21(28-14)23-16(13-27-30-23)19-5-6-20-22(29-19)11-15(12-26-20)18-7-9-32(31-18)10-8-25-2/h3-7,9,11-13,25H,8,10H2,1-2H3,(H,27,30). The van der Waals surface area contributed by atoms with E-state index in [2.05, 4.69) is 30.6 Å². The van der Waals surface area contributed by atoms with Crippen LogP contribution < -0.4 is 5.32 Å². The Balaban J connectivity index is 1.52. The van der Waals surface area contributed by atoms with E-state index in [0.29, 0.717) is 17.1 Å². The van der Waals surface area contributed by atoms with Crippen LogP contribution in [0.2, 0.25) is 0 Å². The molecule has 5 aromatic rings. The first-order chi connectivity index (χ1) is 15.6. The van der Waals surface area contributed by atoms with Crippen LogP contribution >= 0.6 is 0 Å². The van der Waals surface area contributed by atoms with E-state index in [0.717, 1.165) is 46.6 Å². The second-order valence-electron chi connectivity index (χ2n) is 7.44. The van der Waals surface area contributed by atoms with Crippen molar-refractivity contribution in [3.63, 3.8) is 0 Å². The van der Waals surface area contributed by atoms with Crippen LogP contribution in [0.3, 0.4) is 0 Å². The number of pyridine rings is 3. The normalized spacial score (nSPS) is 11.3. The molecule has 0 spiro atoms. The molecule has 32 heavy (non-hydrogen) atoms. The van der Waals surface area contributed by atoms with Crippen LogP contribution in [0.15, 0.2) is 55.0 Å². The summed E-state index contributed by atoms with van der Waals surface area (Å²) < 4.78 is 15.6. The van der Waals surface area contributed by atoms with Crippen LogP contribution in [0.5, 0.6) is 0 Å². The predicted octanol–water partition coefficient (Wildman–Crippen LogP) is 3.61. The van der Waals surface area contributed by atoms with Gasteiger partial charge in [-0.3, -0.25) is 14.8 Å². The third-order valence-electron chi connectivity index (χ3n) is 5.24. The fourth-order valence-electron chi connectivity index (χ4n) is 3.52. The Labute approximate surface area is 183 Å². The highest BCUT2D eigenvalue weighted by Gasteiger charge is 2.15. The van der Waals surface area contributed by atoms with E-state index >= 15 is 0 Å². The molecular formula is C23H21FN8. The molecule has 0 aliphatic carbocycles. The zero-order valence-electron chi connectivity index (χ0n) is 17.7. The van der Waals surface area contributed by atoms with Crippen molar-refractivity contribution in [2.45, 2.75) is 13.5 Å². The van der Waals surface area contributed by atoms with Gasteiger partial charge in [0.05, 0.1) is 40.4 Å². The van der Waals surface area contributed by atoms with Gasteiger partial charge >= 0.3 is 0 Å². The van der Waals surface area contributed by atoms with Crippen LogP contribution in [0.25, 0.3) is 44.9 Å². The minimum Gasteiger partial charge on any atom is -0.318 e. The Morgan fingerprint density at radius 1 is 1.03 bits per heavy atom. The van der Waals surface area contributed by atoms with Gasteiger partial charge < -0.3 is 5.32 Å². The van der Waals surface area contributed by atoms with E-state index in [1.807, 2.05) is 48.4 Å². The number of halogens is 1.